The van der Waals surface area contributed by atoms with Crippen molar-refractivity contribution in [2.45, 2.75) is 13.5 Å². The molecule has 2 aromatic rings. The van der Waals surface area contributed by atoms with Crippen LogP contribution in [0.4, 0.5) is 0 Å². The maximum absolute atomic E-state index is 10.9. The van der Waals surface area contributed by atoms with Crippen LogP contribution in [0.5, 0.6) is 5.75 Å². The number of halogens is 2. The van der Waals surface area contributed by atoms with Crippen LogP contribution in [0.25, 0.3) is 0 Å². The van der Waals surface area contributed by atoms with Crippen LogP contribution in [-0.4, -0.2) is 25.8 Å². The number of nitrogens with zero attached hydrogens (tertiary/aromatic N) is 3. The fourth-order valence-electron chi connectivity index (χ4n) is 1.53. The maximum atomic E-state index is 10.9. The van der Waals surface area contributed by atoms with Crippen LogP contribution in [0, 0.1) is 6.92 Å². The summed E-state index contributed by atoms with van der Waals surface area (Å²) in [6.07, 6.45) is 0. The van der Waals surface area contributed by atoms with Crippen molar-refractivity contribution in [2.75, 3.05) is 0 Å². The summed E-state index contributed by atoms with van der Waals surface area (Å²) in [7, 11) is 1.85. The number of rotatable bonds is 4. The first-order chi connectivity index (χ1) is 9.40. The van der Waals surface area contributed by atoms with E-state index in [1.807, 2.05) is 18.5 Å². The molecule has 0 saturated heterocycles. The van der Waals surface area contributed by atoms with Gasteiger partial charge in [-0.2, -0.15) is 0 Å². The van der Waals surface area contributed by atoms with E-state index in [1.165, 1.54) is 12.1 Å². The Bertz CT molecular complexity index is 647. The van der Waals surface area contributed by atoms with E-state index in [-0.39, 0.29) is 12.2 Å². The van der Waals surface area contributed by atoms with Crippen LogP contribution >= 0.6 is 31.9 Å². The van der Waals surface area contributed by atoms with Gasteiger partial charge in [0.15, 0.2) is 5.82 Å². The fourth-order valence-corrected chi connectivity index (χ4v) is 2.95. The van der Waals surface area contributed by atoms with E-state index < -0.39 is 5.97 Å². The molecule has 0 saturated carbocycles. The van der Waals surface area contributed by atoms with Crippen LogP contribution < -0.4 is 4.74 Å². The summed E-state index contributed by atoms with van der Waals surface area (Å²) in [6.45, 7) is 2.09. The molecule has 0 atom stereocenters. The minimum absolute atomic E-state index is 0.172. The average molecular weight is 405 g/mol. The first-order valence-corrected chi connectivity index (χ1v) is 7.18. The van der Waals surface area contributed by atoms with Crippen LogP contribution in [0.1, 0.15) is 22.0 Å². The molecule has 1 aromatic heterocycles. The molecule has 0 fully saturated rings. The minimum atomic E-state index is -0.998. The van der Waals surface area contributed by atoms with Crippen molar-refractivity contribution in [1.29, 1.82) is 0 Å². The van der Waals surface area contributed by atoms with E-state index in [2.05, 4.69) is 42.1 Å². The zero-order chi connectivity index (χ0) is 14.9. The average Bonchev–Trinajstić information content (AvgIpc) is 2.69. The lowest BCUT2D eigenvalue weighted by atomic mass is 10.2. The number of carboxylic acid groups (broad SMARTS) is 1. The second kappa shape index (κ2) is 5.92. The molecule has 0 aliphatic carbocycles. The van der Waals surface area contributed by atoms with Crippen LogP contribution in [0.2, 0.25) is 0 Å². The highest BCUT2D eigenvalue weighted by molar-refractivity contribution is 9.11. The lowest BCUT2D eigenvalue weighted by Gasteiger charge is -2.11. The predicted octanol–water partition coefficient (Wildman–Crippen LogP) is 2.93. The van der Waals surface area contributed by atoms with E-state index in [4.69, 9.17) is 9.84 Å². The standard InChI is InChI=1S/C12H11Br2N3O3/c1-6-15-16-10(17(6)2)5-20-11-8(13)3-7(12(18)19)4-9(11)14/h3-4H,5H2,1-2H3,(H,18,19). The topological polar surface area (TPSA) is 77.2 Å². The minimum Gasteiger partial charge on any atom is -0.483 e. The lowest BCUT2D eigenvalue weighted by molar-refractivity contribution is 0.0696. The molecular weight excluding hydrogens is 394 g/mol. The Morgan fingerprint density at radius 1 is 1.35 bits per heavy atom. The van der Waals surface area contributed by atoms with Crippen molar-refractivity contribution in [3.05, 3.63) is 38.3 Å². The van der Waals surface area contributed by atoms with E-state index in [1.54, 1.807) is 0 Å². The normalized spacial score (nSPS) is 10.6. The van der Waals surface area contributed by atoms with Crippen molar-refractivity contribution in [3.8, 4) is 5.75 Å². The zero-order valence-corrected chi connectivity index (χ0v) is 13.9. The lowest BCUT2D eigenvalue weighted by Crippen LogP contribution is -2.05. The van der Waals surface area contributed by atoms with Gasteiger partial charge in [-0.15, -0.1) is 10.2 Å². The highest BCUT2D eigenvalue weighted by Crippen LogP contribution is 2.35. The van der Waals surface area contributed by atoms with E-state index >= 15 is 0 Å². The van der Waals surface area contributed by atoms with Gasteiger partial charge in [0.05, 0.1) is 14.5 Å². The number of aryl methyl sites for hydroxylation is 1. The monoisotopic (exact) mass is 403 g/mol. The van der Waals surface area contributed by atoms with Gasteiger partial charge in [0.2, 0.25) is 0 Å². The summed E-state index contributed by atoms with van der Waals surface area (Å²) in [5, 5.41) is 16.9. The number of aromatic carboxylic acids is 1. The van der Waals surface area contributed by atoms with Gasteiger partial charge >= 0.3 is 5.97 Å². The van der Waals surface area contributed by atoms with Crippen molar-refractivity contribution < 1.29 is 14.6 Å². The largest absolute Gasteiger partial charge is 0.483 e. The highest BCUT2D eigenvalue weighted by Gasteiger charge is 2.14. The third kappa shape index (κ3) is 3.01. The van der Waals surface area contributed by atoms with Crippen LogP contribution in [-0.2, 0) is 13.7 Å². The molecule has 20 heavy (non-hydrogen) atoms. The van der Waals surface area contributed by atoms with Crippen molar-refractivity contribution in [3.63, 3.8) is 0 Å². The van der Waals surface area contributed by atoms with E-state index in [0.717, 1.165) is 5.82 Å². The molecule has 1 aromatic carbocycles. The number of carbonyl (C=O) groups is 1. The first kappa shape index (κ1) is 15.0. The van der Waals surface area contributed by atoms with Crippen molar-refractivity contribution in [2.24, 2.45) is 7.05 Å². The third-order valence-corrected chi connectivity index (χ3v) is 3.95. The van der Waals surface area contributed by atoms with Crippen LogP contribution in [0.15, 0.2) is 21.1 Å². The number of aromatic nitrogens is 3. The Morgan fingerprint density at radius 2 is 1.95 bits per heavy atom. The quantitative estimate of drug-likeness (QED) is 0.847. The molecule has 8 heteroatoms. The third-order valence-electron chi connectivity index (χ3n) is 2.77. The SMILES string of the molecule is Cc1nnc(COc2c(Br)cc(C(=O)O)cc2Br)n1C. The summed E-state index contributed by atoms with van der Waals surface area (Å²) in [5.74, 6) is 1.00. The molecule has 2 rings (SSSR count). The molecule has 0 unspecified atom stereocenters. The number of carboxylic acids is 1. The highest BCUT2D eigenvalue weighted by atomic mass is 79.9. The van der Waals surface area contributed by atoms with Crippen molar-refractivity contribution >= 4 is 37.8 Å². The Hall–Kier alpha value is -1.41. The molecule has 1 N–H and O–H groups in total. The van der Waals surface area contributed by atoms with Gasteiger partial charge in [0.1, 0.15) is 18.2 Å². The Balaban J connectivity index is 2.22. The molecule has 0 aliphatic heterocycles. The summed E-state index contributed by atoms with van der Waals surface area (Å²) in [6, 6.07) is 2.98. The maximum Gasteiger partial charge on any atom is 0.335 e. The van der Waals surface area contributed by atoms with Gasteiger partial charge in [0, 0.05) is 7.05 Å². The van der Waals surface area contributed by atoms with Gasteiger partial charge in [-0.25, -0.2) is 4.79 Å². The Labute approximate surface area is 132 Å². The zero-order valence-electron chi connectivity index (χ0n) is 10.7. The number of hydrogen-bond donors (Lipinski definition) is 1. The van der Waals surface area contributed by atoms with Crippen LogP contribution in [0.3, 0.4) is 0 Å². The van der Waals surface area contributed by atoms with Crippen molar-refractivity contribution in [1.82, 2.24) is 14.8 Å². The molecule has 0 radical (unpaired) electrons. The summed E-state index contributed by atoms with van der Waals surface area (Å²) in [4.78, 5) is 10.9. The van der Waals surface area contributed by atoms with Gasteiger partial charge in [-0.05, 0) is 50.9 Å². The molecule has 0 amide bonds. The molecule has 1 heterocycles. The fraction of sp³-hybridized carbons (Fsp3) is 0.250. The Morgan fingerprint density at radius 3 is 2.40 bits per heavy atom. The van der Waals surface area contributed by atoms with Gasteiger partial charge in [0.25, 0.3) is 0 Å². The summed E-state index contributed by atoms with van der Waals surface area (Å²) >= 11 is 6.60. The smallest absolute Gasteiger partial charge is 0.335 e. The summed E-state index contributed by atoms with van der Waals surface area (Å²) in [5.41, 5.74) is 0.172. The second-order valence-electron chi connectivity index (χ2n) is 4.09. The molecular formula is C12H11Br2N3O3. The number of ether oxygens (including phenoxy) is 1. The number of hydrogen-bond acceptors (Lipinski definition) is 4. The molecule has 106 valence electrons. The number of benzene rings is 1. The molecule has 0 bridgehead atoms. The van der Waals surface area contributed by atoms with Gasteiger partial charge in [-0.3, -0.25) is 0 Å². The summed E-state index contributed by atoms with van der Waals surface area (Å²) < 4.78 is 8.62. The molecule has 0 aliphatic rings. The predicted molar refractivity (Wildman–Crippen MR) is 78.9 cm³/mol. The van der Waals surface area contributed by atoms with E-state index in [0.29, 0.717) is 20.5 Å². The Kier molecular flexibility index (Phi) is 4.44. The first-order valence-electron chi connectivity index (χ1n) is 5.60. The molecule has 6 nitrogen and oxygen atoms in total. The van der Waals surface area contributed by atoms with E-state index in [9.17, 15) is 4.79 Å². The van der Waals surface area contributed by atoms with Gasteiger partial charge in [-0.1, -0.05) is 0 Å². The van der Waals surface area contributed by atoms with Gasteiger partial charge < -0.3 is 14.4 Å². The second-order valence-corrected chi connectivity index (χ2v) is 5.79. The molecule has 0 spiro atoms.